The second-order valence-electron chi connectivity index (χ2n) is 7.12. The topological polar surface area (TPSA) is 87.3 Å². The molecule has 0 saturated heterocycles. The van der Waals surface area contributed by atoms with Gasteiger partial charge in [0.2, 0.25) is 10.0 Å². The fraction of sp³-hybridized carbons (Fsp3) is 0.136. The molecule has 3 N–H and O–H groups in total. The molecule has 3 rings (SSSR count). The van der Waals surface area contributed by atoms with E-state index in [0.29, 0.717) is 11.3 Å². The van der Waals surface area contributed by atoms with Crippen molar-refractivity contribution in [3.63, 3.8) is 0 Å². The van der Waals surface area contributed by atoms with Gasteiger partial charge in [-0.1, -0.05) is 48.0 Å². The summed E-state index contributed by atoms with van der Waals surface area (Å²) in [5.74, 6) is -0.663. The molecule has 0 bridgehead atoms. The average Bonchev–Trinajstić information content (AvgIpc) is 2.72. The number of carbonyl (C=O) groups excluding carboxylic acids is 1. The summed E-state index contributed by atoms with van der Waals surface area (Å²) >= 11 is 6.02. The molecular formula is C22H19ClF3N3O3S. The third-order valence-corrected chi connectivity index (χ3v) is 5.36. The van der Waals surface area contributed by atoms with E-state index in [9.17, 15) is 26.4 Å². The maximum Gasteiger partial charge on any atom is 0.416 e. The van der Waals surface area contributed by atoms with E-state index in [1.54, 1.807) is 42.5 Å². The molecule has 1 atom stereocenters. The Morgan fingerprint density at radius 2 is 1.61 bits per heavy atom. The minimum Gasteiger partial charge on any atom is -0.370 e. The Morgan fingerprint density at radius 3 is 2.24 bits per heavy atom. The monoisotopic (exact) mass is 497 g/mol. The Balaban J connectivity index is 1.92. The molecule has 0 unspecified atom stereocenters. The van der Waals surface area contributed by atoms with Crippen LogP contribution in [-0.2, 0) is 21.0 Å². The first-order valence-corrected chi connectivity index (χ1v) is 11.8. The fourth-order valence-corrected chi connectivity index (χ4v) is 3.72. The van der Waals surface area contributed by atoms with Crippen molar-refractivity contribution >= 4 is 44.6 Å². The summed E-state index contributed by atoms with van der Waals surface area (Å²) in [6, 6.07) is 16.3. The molecule has 0 radical (unpaired) electrons. The van der Waals surface area contributed by atoms with E-state index in [1.165, 1.54) is 12.1 Å². The molecule has 0 saturated carbocycles. The number of rotatable bonds is 7. The number of carbonyl (C=O) groups is 1. The van der Waals surface area contributed by atoms with Crippen LogP contribution in [-0.4, -0.2) is 20.6 Å². The number of hydrogen-bond acceptors (Lipinski definition) is 4. The SMILES string of the molecule is CS(=O)(=O)Nc1cccc(N[C@@H](C(=O)Nc2cc(C(F)(F)F)ccc2Cl)c2ccccc2)c1. The lowest BCUT2D eigenvalue weighted by Gasteiger charge is -2.21. The predicted octanol–water partition coefficient (Wildman–Crippen LogP) is 5.52. The summed E-state index contributed by atoms with van der Waals surface area (Å²) < 4.78 is 64.6. The van der Waals surface area contributed by atoms with Gasteiger partial charge in [0, 0.05) is 5.69 Å². The second kappa shape index (κ2) is 9.72. The largest absolute Gasteiger partial charge is 0.416 e. The third kappa shape index (κ3) is 6.87. The molecule has 0 aliphatic carbocycles. The van der Waals surface area contributed by atoms with E-state index in [1.807, 2.05) is 0 Å². The maximum absolute atomic E-state index is 13.1. The lowest BCUT2D eigenvalue weighted by Crippen LogP contribution is -2.27. The normalized spacial score (nSPS) is 12.6. The van der Waals surface area contributed by atoms with Crippen molar-refractivity contribution in [1.82, 2.24) is 0 Å². The van der Waals surface area contributed by atoms with Crippen molar-refractivity contribution < 1.29 is 26.4 Å². The Hall–Kier alpha value is -3.24. The van der Waals surface area contributed by atoms with Crippen LogP contribution >= 0.6 is 11.6 Å². The Bertz CT molecular complexity index is 1250. The highest BCUT2D eigenvalue weighted by Gasteiger charge is 2.31. The predicted molar refractivity (Wildman–Crippen MR) is 123 cm³/mol. The molecule has 0 aliphatic rings. The molecule has 3 aromatic carbocycles. The van der Waals surface area contributed by atoms with Crippen LogP contribution < -0.4 is 15.4 Å². The van der Waals surface area contributed by atoms with Gasteiger partial charge in [0.25, 0.3) is 5.91 Å². The van der Waals surface area contributed by atoms with Gasteiger partial charge in [-0.05, 0) is 42.0 Å². The smallest absolute Gasteiger partial charge is 0.370 e. The molecule has 1 amide bonds. The van der Waals surface area contributed by atoms with Gasteiger partial charge in [0.15, 0.2) is 0 Å². The number of benzene rings is 3. The molecular weight excluding hydrogens is 479 g/mol. The van der Waals surface area contributed by atoms with Crippen LogP contribution in [0.1, 0.15) is 17.2 Å². The molecule has 0 aromatic heterocycles. The molecule has 0 heterocycles. The van der Waals surface area contributed by atoms with E-state index < -0.39 is 33.7 Å². The van der Waals surface area contributed by atoms with Crippen molar-refractivity contribution in [2.24, 2.45) is 0 Å². The van der Waals surface area contributed by atoms with E-state index >= 15 is 0 Å². The molecule has 0 fully saturated rings. The van der Waals surface area contributed by atoms with Gasteiger partial charge in [0.1, 0.15) is 6.04 Å². The van der Waals surface area contributed by atoms with Crippen LogP contribution in [0.25, 0.3) is 0 Å². The molecule has 33 heavy (non-hydrogen) atoms. The molecule has 0 aliphatic heterocycles. The zero-order valence-corrected chi connectivity index (χ0v) is 18.7. The highest BCUT2D eigenvalue weighted by atomic mass is 35.5. The van der Waals surface area contributed by atoms with E-state index in [2.05, 4.69) is 15.4 Å². The van der Waals surface area contributed by atoms with Gasteiger partial charge >= 0.3 is 6.18 Å². The number of alkyl halides is 3. The number of hydrogen-bond donors (Lipinski definition) is 3. The summed E-state index contributed by atoms with van der Waals surface area (Å²) in [5.41, 5.74) is 0.0655. The molecule has 11 heteroatoms. The number of amides is 1. The Kier molecular flexibility index (Phi) is 7.19. The van der Waals surface area contributed by atoms with Crippen molar-refractivity contribution in [3.05, 3.63) is 88.9 Å². The molecule has 3 aromatic rings. The van der Waals surface area contributed by atoms with E-state index in [-0.39, 0.29) is 16.4 Å². The van der Waals surface area contributed by atoms with E-state index in [0.717, 1.165) is 24.5 Å². The van der Waals surface area contributed by atoms with Crippen LogP contribution in [0, 0.1) is 0 Å². The fourth-order valence-electron chi connectivity index (χ4n) is 3.00. The summed E-state index contributed by atoms with van der Waals surface area (Å²) in [4.78, 5) is 13.1. The first-order valence-electron chi connectivity index (χ1n) is 9.49. The van der Waals surface area contributed by atoms with Crippen molar-refractivity contribution in [2.45, 2.75) is 12.2 Å². The highest BCUT2D eigenvalue weighted by Crippen LogP contribution is 2.34. The van der Waals surface area contributed by atoms with Gasteiger partial charge in [-0.15, -0.1) is 0 Å². The summed E-state index contributed by atoms with van der Waals surface area (Å²) in [5, 5.41) is 5.39. The molecule has 6 nitrogen and oxygen atoms in total. The first-order chi connectivity index (χ1) is 15.4. The number of sulfonamides is 1. The lowest BCUT2D eigenvalue weighted by molar-refractivity contribution is -0.137. The molecule has 0 spiro atoms. The van der Waals surface area contributed by atoms with Gasteiger partial charge in [-0.2, -0.15) is 13.2 Å². The van der Waals surface area contributed by atoms with Crippen molar-refractivity contribution in [1.29, 1.82) is 0 Å². The minimum atomic E-state index is -4.60. The van der Waals surface area contributed by atoms with Crippen LogP contribution in [0.5, 0.6) is 0 Å². The zero-order valence-electron chi connectivity index (χ0n) is 17.2. The van der Waals surface area contributed by atoms with E-state index in [4.69, 9.17) is 11.6 Å². The number of anilines is 3. The van der Waals surface area contributed by atoms with Crippen LogP contribution in [0.15, 0.2) is 72.8 Å². The zero-order chi connectivity index (χ0) is 24.2. The summed E-state index contributed by atoms with van der Waals surface area (Å²) in [6.45, 7) is 0. The van der Waals surface area contributed by atoms with Gasteiger partial charge in [-0.3, -0.25) is 9.52 Å². The average molecular weight is 498 g/mol. The number of nitrogens with one attached hydrogen (secondary N) is 3. The van der Waals surface area contributed by atoms with Gasteiger partial charge in [-0.25, -0.2) is 8.42 Å². The number of halogens is 4. The highest BCUT2D eigenvalue weighted by molar-refractivity contribution is 7.92. The third-order valence-electron chi connectivity index (χ3n) is 4.42. The molecule has 174 valence electrons. The first kappa shape index (κ1) is 24.4. The maximum atomic E-state index is 13.1. The second-order valence-corrected chi connectivity index (χ2v) is 9.28. The Morgan fingerprint density at radius 1 is 0.939 bits per heavy atom. The standard InChI is InChI=1S/C22H19ClF3N3O3S/c1-33(31,32)29-17-9-5-8-16(13-17)27-20(14-6-3-2-4-7-14)21(30)28-19-12-15(22(24,25)26)10-11-18(19)23/h2-13,20,27,29H,1H3,(H,28,30)/t20-/m1/s1. The summed E-state index contributed by atoms with van der Waals surface area (Å²) in [6.07, 6.45) is -3.60. The van der Waals surface area contributed by atoms with Gasteiger partial charge < -0.3 is 10.6 Å². The Labute approximate surface area is 193 Å². The van der Waals surface area contributed by atoms with Crippen LogP contribution in [0.4, 0.5) is 30.2 Å². The lowest BCUT2D eigenvalue weighted by atomic mass is 10.1. The van der Waals surface area contributed by atoms with Crippen LogP contribution in [0.3, 0.4) is 0 Å². The minimum absolute atomic E-state index is 0.0532. The van der Waals surface area contributed by atoms with Crippen molar-refractivity contribution in [3.8, 4) is 0 Å². The van der Waals surface area contributed by atoms with Gasteiger partial charge in [0.05, 0.1) is 28.2 Å². The summed E-state index contributed by atoms with van der Waals surface area (Å²) in [7, 11) is -3.52. The van der Waals surface area contributed by atoms with Crippen LogP contribution in [0.2, 0.25) is 5.02 Å². The van der Waals surface area contributed by atoms with Crippen molar-refractivity contribution in [2.75, 3.05) is 21.6 Å². The quantitative estimate of drug-likeness (QED) is 0.401.